The van der Waals surface area contributed by atoms with Gasteiger partial charge in [0.15, 0.2) is 0 Å². The van der Waals surface area contributed by atoms with Crippen molar-refractivity contribution >= 4 is 23.2 Å². The number of ether oxygens (including phenoxy) is 1. The second kappa shape index (κ2) is 12.9. The van der Waals surface area contributed by atoms with Crippen molar-refractivity contribution in [2.24, 2.45) is 0 Å². The van der Waals surface area contributed by atoms with E-state index in [0.29, 0.717) is 25.3 Å². The highest BCUT2D eigenvalue weighted by atomic mass is 32.1. The van der Waals surface area contributed by atoms with E-state index in [9.17, 15) is 14.0 Å². The topological polar surface area (TPSA) is 49.9 Å². The maximum Gasteiger partial charge on any atom is 0.254 e. The predicted octanol–water partition coefficient (Wildman–Crippen LogP) is 5.87. The Labute approximate surface area is 220 Å². The van der Waals surface area contributed by atoms with E-state index in [1.165, 1.54) is 17.0 Å². The van der Waals surface area contributed by atoms with Gasteiger partial charge < -0.3 is 14.5 Å². The Kier molecular flexibility index (Phi) is 9.18. The molecule has 0 spiro atoms. The van der Waals surface area contributed by atoms with Crippen molar-refractivity contribution in [1.29, 1.82) is 0 Å². The molecular formula is C30H29FN2O3S. The smallest absolute Gasteiger partial charge is 0.254 e. The summed E-state index contributed by atoms with van der Waals surface area (Å²) in [6, 6.07) is 27.4. The zero-order chi connectivity index (χ0) is 26.0. The third-order valence-electron chi connectivity index (χ3n) is 5.98. The first kappa shape index (κ1) is 26.3. The second-order valence-electron chi connectivity index (χ2n) is 8.62. The van der Waals surface area contributed by atoms with E-state index >= 15 is 0 Å². The van der Waals surface area contributed by atoms with Crippen molar-refractivity contribution in [2.75, 3.05) is 26.8 Å². The fraction of sp³-hybridized carbons (Fsp3) is 0.200. The lowest BCUT2D eigenvalue weighted by Gasteiger charge is -2.27. The van der Waals surface area contributed by atoms with Gasteiger partial charge in [0.1, 0.15) is 12.4 Å². The van der Waals surface area contributed by atoms with Gasteiger partial charge in [0, 0.05) is 30.6 Å². The number of benzene rings is 3. The van der Waals surface area contributed by atoms with E-state index in [1.807, 2.05) is 60.0 Å². The molecule has 4 aromatic rings. The average Bonchev–Trinajstić information content (AvgIpc) is 3.45. The summed E-state index contributed by atoms with van der Waals surface area (Å²) in [5.41, 5.74) is 3.40. The van der Waals surface area contributed by atoms with Gasteiger partial charge in [-0.2, -0.15) is 0 Å². The molecule has 1 heterocycles. The van der Waals surface area contributed by atoms with E-state index in [4.69, 9.17) is 4.74 Å². The van der Waals surface area contributed by atoms with Crippen LogP contribution in [0.4, 0.5) is 4.39 Å². The number of hydrogen-bond acceptors (Lipinski definition) is 4. The van der Waals surface area contributed by atoms with Gasteiger partial charge >= 0.3 is 0 Å². The number of methoxy groups -OCH3 is 1. The lowest BCUT2D eigenvalue weighted by molar-refractivity contribution is -0.133. The minimum absolute atomic E-state index is 0.0881. The summed E-state index contributed by atoms with van der Waals surface area (Å²) in [4.78, 5) is 31.2. The highest BCUT2D eigenvalue weighted by Crippen LogP contribution is 2.20. The van der Waals surface area contributed by atoms with Crippen molar-refractivity contribution in [3.05, 3.63) is 118 Å². The van der Waals surface area contributed by atoms with Crippen LogP contribution in [0.1, 0.15) is 20.8 Å². The van der Waals surface area contributed by atoms with Crippen molar-refractivity contribution in [2.45, 2.75) is 13.1 Å². The van der Waals surface area contributed by atoms with E-state index in [-0.39, 0.29) is 30.7 Å². The second-order valence-corrected chi connectivity index (χ2v) is 9.65. The SMILES string of the molecule is COCCN(CC(=O)N(Cc1ccc(F)cc1)Cc1cccs1)C(=O)c1ccc(-c2ccccc2)cc1. The molecule has 0 unspecified atom stereocenters. The van der Waals surface area contributed by atoms with Crippen LogP contribution in [0.5, 0.6) is 0 Å². The summed E-state index contributed by atoms with van der Waals surface area (Å²) in [6.07, 6.45) is 0. The van der Waals surface area contributed by atoms with Crippen LogP contribution in [-0.4, -0.2) is 48.4 Å². The van der Waals surface area contributed by atoms with Crippen molar-refractivity contribution in [1.82, 2.24) is 9.80 Å². The number of halogens is 1. The molecule has 0 saturated heterocycles. The molecule has 2 amide bonds. The molecule has 0 atom stereocenters. The van der Waals surface area contributed by atoms with Gasteiger partial charge in [-0.15, -0.1) is 11.3 Å². The van der Waals surface area contributed by atoms with Crippen LogP contribution in [0.3, 0.4) is 0 Å². The van der Waals surface area contributed by atoms with Gasteiger partial charge in [0.05, 0.1) is 13.2 Å². The number of carbonyl (C=O) groups is 2. The maximum absolute atomic E-state index is 13.5. The minimum Gasteiger partial charge on any atom is -0.383 e. The quantitative estimate of drug-likeness (QED) is 0.250. The van der Waals surface area contributed by atoms with Crippen LogP contribution in [0.15, 0.2) is 96.4 Å². The lowest BCUT2D eigenvalue weighted by atomic mass is 10.0. The molecule has 5 nitrogen and oxygen atoms in total. The van der Waals surface area contributed by atoms with Gasteiger partial charge in [-0.25, -0.2) is 4.39 Å². The Bertz CT molecular complexity index is 1280. The molecule has 3 aromatic carbocycles. The van der Waals surface area contributed by atoms with Crippen LogP contribution in [0.25, 0.3) is 11.1 Å². The summed E-state index contributed by atoms with van der Waals surface area (Å²) in [5, 5.41) is 1.96. The molecule has 1 aromatic heterocycles. The summed E-state index contributed by atoms with van der Waals surface area (Å²) < 4.78 is 18.6. The van der Waals surface area contributed by atoms with Crippen LogP contribution in [0.2, 0.25) is 0 Å². The fourth-order valence-corrected chi connectivity index (χ4v) is 4.69. The van der Waals surface area contributed by atoms with Gasteiger partial charge in [-0.05, 0) is 52.4 Å². The molecule has 0 aliphatic rings. The normalized spacial score (nSPS) is 10.8. The van der Waals surface area contributed by atoms with Crippen LogP contribution < -0.4 is 0 Å². The highest BCUT2D eigenvalue weighted by molar-refractivity contribution is 7.09. The first-order chi connectivity index (χ1) is 18.0. The summed E-state index contributed by atoms with van der Waals surface area (Å²) >= 11 is 1.56. The molecule has 0 aliphatic heterocycles. The number of nitrogens with zero attached hydrogens (tertiary/aromatic N) is 2. The van der Waals surface area contributed by atoms with Crippen molar-refractivity contribution < 1.29 is 18.7 Å². The van der Waals surface area contributed by atoms with E-state index in [0.717, 1.165) is 21.6 Å². The Morgan fingerprint density at radius 2 is 1.51 bits per heavy atom. The molecule has 7 heteroatoms. The molecular weight excluding hydrogens is 487 g/mol. The highest BCUT2D eigenvalue weighted by Gasteiger charge is 2.23. The third kappa shape index (κ3) is 7.35. The Balaban J connectivity index is 1.51. The van der Waals surface area contributed by atoms with Gasteiger partial charge in [-0.3, -0.25) is 9.59 Å². The van der Waals surface area contributed by atoms with Crippen molar-refractivity contribution in [3.8, 4) is 11.1 Å². The van der Waals surface area contributed by atoms with E-state index < -0.39 is 0 Å². The molecule has 0 N–H and O–H groups in total. The van der Waals surface area contributed by atoms with E-state index in [1.54, 1.807) is 47.6 Å². The molecule has 37 heavy (non-hydrogen) atoms. The van der Waals surface area contributed by atoms with Crippen molar-refractivity contribution in [3.63, 3.8) is 0 Å². The largest absolute Gasteiger partial charge is 0.383 e. The molecule has 190 valence electrons. The monoisotopic (exact) mass is 516 g/mol. The van der Waals surface area contributed by atoms with Gasteiger partial charge in [0.25, 0.3) is 5.91 Å². The fourth-order valence-electron chi connectivity index (χ4n) is 3.97. The Morgan fingerprint density at radius 1 is 0.811 bits per heavy atom. The van der Waals surface area contributed by atoms with Crippen LogP contribution in [-0.2, 0) is 22.6 Å². The molecule has 0 bridgehead atoms. The number of rotatable bonds is 11. The van der Waals surface area contributed by atoms with Gasteiger partial charge in [-0.1, -0.05) is 60.7 Å². The number of carbonyl (C=O) groups excluding carboxylic acids is 2. The lowest BCUT2D eigenvalue weighted by Crippen LogP contribution is -2.43. The molecule has 0 saturated carbocycles. The Hall–Kier alpha value is -3.81. The zero-order valence-electron chi connectivity index (χ0n) is 20.7. The molecule has 0 aliphatic carbocycles. The third-order valence-corrected chi connectivity index (χ3v) is 6.84. The summed E-state index contributed by atoms with van der Waals surface area (Å²) in [5.74, 6) is -0.750. The Morgan fingerprint density at radius 3 is 2.16 bits per heavy atom. The number of amides is 2. The zero-order valence-corrected chi connectivity index (χ0v) is 21.5. The maximum atomic E-state index is 13.5. The summed E-state index contributed by atoms with van der Waals surface area (Å²) in [6.45, 7) is 1.23. The molecule has 0 fully saturated rings. The molecule has 0 radical (unpaired) electrons. The number of hydrogen-bond donors (Lipinski definition) is 0. The average molecular weight is 517 g/mol. The predicted molar refractivity (Wildman–Crippen MR) is 145 cm³/mol. The summed E-state index contributed by atoms with van der Waals surface area (Å²) in [7, 11) is 1.57. The van der Waals surface area contributed by atoms with E-state index in [2.05, 4.69) is 0 Å². The first-order valence-electron chi connectivity index (χ1n) is 12.0. The van der Waals surface area contributed by atoms with Crippen LogP contribution >= 0.6 is 11.3 Å². The molecule has 4 rings (SSSR count). The van der Waals surface area contributed by atoms with Crippen LogP contribution in [0, 0.1) is 5.82 Å². The standard InChI is InChI=1S/C30H29FN2O3S/c1-36-18-17-32(30(35)26-13-11-25(12-14-26)24-6-3-2-4-7-24)22-29(34)33(21-28-8-5-19-37-28)20-23-9-15-27(31)16-10-23/h2-16,19H,17-18,20-22H2,1H3. The number of thiophene rings is 1. The minimum atomic E-state index is -0.325. The first-order valence-corrected chi connectivity index (χ1v) is 12.9. The van der Waals surface area contributed by atoms with Gasteiger partial charge in [0.2, 0.25) is 5.91 Å².